The molecule has 1 aromatic rings. The summed E-state index contributed by atoms with van der Waals surface area (Å²) < 4.78 is 0. The summed E-state index contributed by atoms with van der Waals surface area (Å²) in [5.74, 6) is -1.49. The first-order chi connectivity index (χ1) is 9.31. The molecule has 5 heteroatoms. The van der Waals surface area contributed by atoms with Crippen molar-refractivity contribution in [1.82, 2.24) is 10.2 Å². The van der Waals surface area contributed by atoms with Crippen molar-refractivity contribution in [2.45, 2.75) is 26.8 Å². The van der Waals surface area contributed by atoms with E-state index >= 15 is 0 Å². The van der Waals surface area contributed by atoms with Crippen molar-refractivity contribution in [3.8, 4) is 0 Å². The summed E-state index contributed by atoms with van der Waals surface area (Å²) in [6.45, 7) is 5.67. The van der Waals surface area contributed by atoms with E-state index in [1.165, 1.54) is 10.5 Å². The van der Waals surface area contributed by atoms with Crippen LogP contribution < -0.4 is 5.32 Å². The first-order valence-electron chi connectivity index (χ1n) is 6.62. The lowest BCUT2D eigenvalue weighted by molar-refractivity contribution is -0.141. The Bertz CT molecular complexity index is 471. The summed E-state index contributed by atoms with van der Waals surface area (Å²) in [5.41, 5.74) is 2.18. The zero-order valence-electron chi connectivity index (χ0n) is 12.4. The standard InChI is InChI=1S/C15H22N2O3/c1-10-5-7-13(8-6-10)12(3)16-15(20)17(4)9-11(2)14(18)19/h5-8,11-12H,9H2,1-4H3,(H,16,20)(H,18,19). The number of nitrogens with zero attached hydrogens (tertiary/aromatic N) is 1. The molecular formula is C15H22N2O3. The number of amides is 2. The van der Waals surface area contributed by atoms with E-state index in [2.05, 4.69) is 5.32 Å². The third kappa shape index (κ3) is 4.57. The molecule has 0 aromatic heterocycles. The van der Waals surface area contributed by atoms with E-state index in [4.69, 9.17) is 5.11 Å². The largest absolute Gasteiger partial charge is 0.481 e. The normalized spacial score (nSPS) is 13.4. The number of carboxylic acid groups (broad SMARTS) is 1. The fourth-order valence-electron chi connectivity index (χ4n) is 1.81. The van der Waals surface area contributed by atoms with Gasteiger partial charge in [-0.05, 0) is 19.4 Å². The van der Waals surface area contributed by atoms with Crippen molar-refractivity contribution in [3.63, 3.8) is 0 Å². The van der Waals surface area contributed by atoms with E-state index in [9.17, 15) is 9.59 Å². The van der Waals surface area contributed by atoms with Crippen molar-refractivity contribution in [2.24, 2.45) is 5.92 Å². The molecule has 0 aliphatic carbocycles. The maximum Gasteiger partial charge on any atom is 0.317 e. The summed E-state index contributed by atoms with van der Waals surface area (Å²) >= 11 is 0. The van der Waals surface area contributed by atoms with Gasteiger partial charge in [-0.15, -0.1) is 0 Å². The molecule has 20 heavy (non-hydrogen) atoms. The highest BCUT2D eigenvalue weighted by molar-refractivity contribution is 5.76. The Morgan fingerprint density at radius 3 is 2.30 bits per heavy atom. The molecule has 2 atom stereocenters. The van der Waals surface area contributed by atoms with Gasteiger partial charge in [0.25, 0.3) is 0 Å². The second-order valence-corrected chi connectivity index (χ2v) is 5.20. The summed E-state index contributed by atoms with van der Waals surface area (Å²) in [4.78, 5) is 24.1. The van der Waals surface area contributed by atoms with Gasteiger partial charge in [0.2, 0.25) is 0 Å². The van der Waals surface area contributed by atoms with E-state index in [-0.39, 0.29) is 18.6 Å². The van der Waals surface area contributed by atoms with Crippen LogP contribution in [0.1, 0.15) is 31.0 Å². The number of carbonyl (C=O) groups is 2. The van der Waals surface area contributed by atoms with Gasteiger partial charge in [0.15, 0.2) is 0 Å². The second-order valence-electron chi connectivity index (χ2n) is 5.20. The van der Waals surface area contributed by atoms with E-state index in [1.807, 2.05) is 38.1 Å². The van der Waals surface area contributed by atoms with Gasteiger partial charge in [0.1, 0.15) is 0 Å². The fourth-order valence-corrected chi connectivity index (χ4v) is 1.81. The van der Waals surface area contributed by atoms with Crippen molar-refractivity contribution < 1.29 is 14.7 Å². The molecule has 2 N–H and O–H groups in total. The molecule has 1 rings (SSSR count). The minimum atomic E-state index is -0.906. The molecule has 0 fully saturated rings. The minimum Gasteiger partial charge on any atom is -0.481 e. The number of hydrogen-bond acceptors (Lipinski definition) is 2. The smallest absolute Gasteiger partial charge is 0.317 e. The van der Waals surface area contributed by atoms with Crippen LogP contribution >= 0.6 is 0 Å². The van der Waals surface area contributed by atoms with Gasteiger partial charge in [0, 0.05) is 13.6 Å². The van der Waals surface area contributed by atoms with Gasteiger partial charge in [-0.1, -0.05) is 36.8 Å². The predicted octanol–water partition coefficient (Wildman–Crippen LogP) is 2.42. The number of benzene rings is 1. The van der Waals surface area contributed by atoms with Crippen LogP contribution in [-0.2, 0) is 4.79 Å². The number of hydrogen-bond donors (Lipinski definition) is 2. The summed E-state index contributed by atoms with van der Waals surface area (Å²) in [5, 5.41) is 11.7. The van der Waals surface area contributed by atoms with Gasteiger partial charge in [-0.3, -0.25) is 4.79 Å². The molecule has 1 aromatic carbocycles. The van der Waals surface area contributed by atoms with Crippen LogP contribution in [0.25, 0.3) is 0 Å². The quantitative estimate of drug-likeness (QED) is 0.869. The van der Waals surface area contributed by atoms with Crippen LogP contribution in [-0.4, -0.2) is 35.6 Å². The minimum absolute atomic E-state index is 0.120. The third-order valence-corrected chi connectivity index (χ3v) is 3.23. The molecule has 0 radical (unpaired) electrons. The SMILES string of the molecule is Cc1ccc(C(C)NC(=O)N(C)CC(C)C(=O)O)cc1. The first-order valence-corrected chi connectivity index (χ1v) is 6.62. The molecule has 0 spiro atoms. The monoisotopic (exact) mass is 278 g/mol. The van der Waals surface area contributed by atoms with Crippen molar-refractivity contribution in [3.05, 3.63) is 35.4 Å². The number of aliphatic carboxylic acids is 1. The molecule has 0 aliphatic rings. The van der Waals surface area contributed by atoms with Gasteiger partial charge in [0.05, 0.1) is 12.0 Å². The van der Waals surface area contributed by atoms with Crippen LogP contribution in [0, 0.1) is 12.8 Å². The highest BCUT2D eigenvalue weighted by Gasteiger charge is 2.18. The van der Waals surface area contributed by atoms with Gasteiger partial charge >= 0.3 is 12.0 Å². The Balaban J connectivity index is 2.56. The predicted molar refractivity (Wildman–Crippen MR) is 77.6 cm³/mol. The van der Waals surface area contributed by atoms with Crippen LogP contribution in [0.3, 0.4) is 0 Å². The molecule has 5 nitrogen and oxygen atoms in total. The lowest BCUT2D eigenvalue weighted by Crippen LogP contribution is -2.41. The highest BCUT2D eigenvalue weighted by atomic mass is 16.4. The molecule has 110 valence electrons. The molecular weight excluding hydrogens is 256 g/mol. The van der Waals surface area contributed by atoms with Gasteiger partial charge in [-0.2, -0.15) is 0 Å². The molecule has 0 saturated heterocycles. The van der Waals surface area contributed by atoms with E-state index < -0.39 is 11.9 Å². The average Bonchev–Trinajstić information content (AvgIpc) is 2.38. The first kappa shape index (κ1) is 16.0. The lowest BCUT2D eigenvalue weighted by Gasteiger charge is -2.23. The van der Waals surface area contributed by atoms with Crippen LogP contribution in [0.4, 0.5) is 4.79 Å². The molecule has 0 saturated carbocycles. The second kappa shape index (κ2) is 6.93. The molecule has 0 aliphatic heterocycles. The van der Waals surface area contributed by atoms with Crippen molar-refractivity contribution in [2.75, 3.05) is 13.6 Å². The molecule has 2 amide bonds. The summed E-state index contributed by atoms with van der Waals surface area (Å²) in [6, 6.07) is 7.54. The summed E-state index contributed by atoms with van der Waals surface area (Å²) in [6.07, 6.45) is 0. The fraction of sp³-hybridized carbons (Fsp3) is 0.467. The van der Waals surface area contributed by atoms with Crippen LogP contribution in [0.15, 0.2) is 24.3 Å². The highest BCUT2D eigenvalue weighted by Crippen LogP contribution is 2.13. The number of aryl methyl sites for hydroxylation is 1. The Morgan fingerprint density at radius 1 is 1.25 bits per heavy atom. The van der Waals surface area contributed by atoms with E-state index in [0.29, 0.717) is 0 Å². The molecule has 2 unspecified atom stereocenters. The Kier molecular flexibility index (Phi) is 5.55. The number of nitrogens with one attached hydrogen (secondary N) is 1. The number of carbonyl (C=O) groups excluding carboxylic acids is 1. The summed E-state index contributed by atoms with van der Waals surface area (Å²) in [7, 11) is 1.59. The van der Waals surface area contributed by atoms with Crippen molar-refractivity contribution in [1.29, 1.82) is 0 Å². The van der Waals surface area contributed by atoms with E-state index in [0.717, 1.165) is 5.56 Å². The molecule has 0 heterocycles. The van der Waals surface area contributed by atoms with Gasteiger partial charge in [-0.25, -0.2) is 4.79 Å². The Hall–Kier alpha value is -2.04. The maximum absolute atomic E-state index is 12.0. The number of urea groups is 1. The average molecular weight is 278 g/mol. The number of rotatable bonds is 5. The third-order valence-electron chi connectivity index (χ3n) is 3.23. The zero-order chi connectivity index (χ0) is 15.3. The molecule has 0 bridgehead atoms. The van der Waals surface area contributed by atoms with Crippen LogP contribution in [0.5, 0.6) is 0 Å². The van der Waals surface area contributed by atoms with Gasteiger partial charge < -0.3 is 15.3 Å². The topological polar surface area (TPSA) is 69.6 Å². The Labute approximate surface area is 119 Å². The maximum atomic E-state index is 12.0. The van der Waals surface area contributed by atoms with E-state index in [1.54, 1.807) is 14.0 Å². The lowest BCUT2D eigenvalue weighted by atomic mass is 10.1. The number of carboxylic acids is 1. The van der Waals surface area contributed by atoms with Crippen molar-refractivity contribution >= 4 is 12.0 Å². The Morgan fingerprint density at radius 2 is 1.80 bits per heavy atom. The van der Waals surface area contributed by atoms with Crippen LogP contribution in [0.2, 0.25) is 0 Å². The zero-order valence-corrected chi connectivity index (χ0v) is 12.4.